The van der Waals surface area contributed by atoms with E-state index in [0.717, 1.165) is 37.2 Å². The minimum atomic E-state index is -0.461. The number of hydrogen-bond acceptors (Lipinski definition) is 5. The van der Waals surface area contributed by atoms with E-state index in [1.807, 2.05) is 24.3 Å². The Morgan fingerprint density at radius 2 is 1.90 bits per heavy atom. The largest absolute Gasteiger partial charge is 0.490 e. The third-order valence-electron chi connectivity index (χ3n) is 5.06. The number of anilines is 1. The first-order chi connectivity index (χ1) is 14.9. The van der Waals surface area contributed by atoms with Crippen LogP contribution in [0.3, 0.4) is 0 Å². The Balaban J connectivity index is 1.48. The van der Waals surface area contributed by atoms with Crippen LogP contribution in [0.5, 0.6) is 5.75 Å². The summed E-state index contributed by atoms with van der Waals surface area (Å²) in [6, 6.07) is 13.1. The lowest BCUT2D eigenvalue weighted by molar-refractivity contribution is 0.0526. The standard InChI is InChI=1S/C23H28ClN3O3S/c1-3-29-22(28)20-14-17(6-9-21(20)24)26-23(31)25-15-16-4-7-18(8-5-16)30-19-10-12-27(2)13-11-19/h4-9,14,19H,3,10-13,15H2,1-2H3,(H2,25,26,31). The minimum absolute atomic E-state index is 0.286. The zero-order valence-corrected chi connectivity index (χ0v) is 19.4. The zero-order chi connectivity index (χ0) is 22.2. The van der Waals surface area contributed by atoms with Gasteiger partial charge in [-0.25, -0.2) is 4.79 Å². The number of nitrogens with zero attached hydrogens (tertiary/aromatic N) is 1. The van der Waals surface area contributed by atoms with Crippen molar-refractivity contribution in [3.63, 3.8) is 0 Å². The molecule has 0 spiro atoms. The molecule has 3 rings (SSSR count). The van der Waals surface area contributed by atoms with E-state index in [9.17, 15) is 4.79 Å². The highest BCUT2D eigenvalue weighted by Crippen LogP contribution is 2.22. The Morgan fingerprint density at radius 1 is 1.19 bits per heavy atom. The fraction of sp³-hybridized carbons (Fsp3) is 0.391. The van der Waals surface area contributed by atoms with Crippen molar-refractivity contribution in [2.45, 2.75) is 32.4 Å². The van der Waals surface area contributed by atoms with Crippen molar-refractivity contribution in [3.8, 4) is 5.75 Å². The molecule has 0 bridgehead atoms. The predicted octanol–water partition coefficient (Wildman–Crippen LogP) is 4.48. The highest BCUT2D eigenvalue weighted by atomic mass is 35.5. The molecule has 2 aromatic carbocycles. The van der Waals surface area contributed by atoms with Gasteiger partial charge in [0.15, 0.2) is 5.11 Å². The number of carbonyl (C=O) groups excluding carboxylic acids is 1. The lowest BCUT2D eigenvalue weighted by Crippen LogP contribution is -2.35. The van der Waals surface area contributed by atoms with E-state index in [1.165, 1.54) is 0 Å². The lowest BCUT2D eigenvalue weighted by Gasteiger charge is -2.29. The number of halogens is 1. The molecule has 1 fully saturated rings. The van der Waals surface area contributed by atoms with E-state index in [0.29, 0.717) is 27.9 Å². The van der Waals surface area contributed by atoms with Gasteiger partial charge in [0.1, 0.15) is 11.9 Å². The Morgan fingerprint density at radius 3 is 2.58 bits per heavy atom. The van der Waals surface area contributed by atoms with Crippen LogP contribution >= 0.6 is 23.8 Å². The average Bonchev–Trinajstić information content (AvgIpc) is 2.76. The monoisotopic (exact) mass is 461 g/mol. The second-order valence-electron chi connectivity index (χ2n) is 7.49. The minimum Gasteiger partial charge on any atom is -0.490 e. The molecule has 0 aromatic heterocycles. The lowest BCUT2D eigenvalue weighted by atomic mass is 10.1. The van der Waals surface area contributed by atoms with Crippen molar-refractivity contribution < 1.29 is 14.3 Å². The van der Waals surface area contributed by atoms with E-state index in [4.69, 9.17) is 33.3 Å². The van der Waals surface area contributed by atoms with Crippen LogP contribution in [0.2, 0.25) is 5.02 Å². The molecule has 6 nitrogen and oxygen atoms in total. The summed E-state index contributed by atoms with van der Waals surface area (Å²) >= 11 is 11.5. The van der Waals surface area contributed by atoms with E-state index < -0.39 is 5.97 Å². The molecule has 0 atom stereocenters. The summed E-state index contributed by atoms with van der Waals surface area (Å²) in [7, 11) is 2.14. The van der Waals surface area contributed by atoms with Crippen molar-refractivity contribution in [2.24, 2.45) is 0 Å². The second kappa shape index (κ2) is 11.3. The summed E-state index contributed by atoms with van der Waals surface area (Å²) < 4.78 is 11.1. The number of piperidine rings is 1. The predicted molar refractivity (Wildman–Crippen MR) is 128 cm³/mol. The van der Waals surface area contributed by atoms with Gasteiger partial charge in [-0.2, -0.15) is 0 Å². The third kappa shape index (κ3) is 7.09. The third-order valence-corrected chi connectivity index (χ3v) is 5.64. The van der Waals surface area contributed by atoms with Crippen LogP contribution in [-0.4, -0.2) is 48.8 Å². The molecular formula is C23H28ClN3O3S. The molecule has 0 saturated carbocycles. The van der Waals surface area contributed by atoms with Crippen molar-refractivity contribution in [1.82, 2.24) is 10.2 Å². The van der Waals surface area contributed by atoms with Gasteiger partial charge in [-0.15, -0.1) is 0 Å². The zero-order valence-electron chi connectivity index (χ0n) is 17.8. The van der Waals surface area contributed by atoms with E-state index in [2.05, 4.69) is 22.6 Å². The van der Waals surface area contributed by atoms with Crippen LogP contribution in [0.15, 0.2) is 42.5 Å². The number of benzene rings is 2. The summed E-state index contributed by atoms with van der Waals surface area (Å²) in [5.74, 6) is 0.434. The van der Waals surface area contributed by atoms with Gasteiger partial charge in [-0.05, 0) is 74.9 Å². The molecule has 0 aliphatic carbocycles. The topological polar surface area (TPSA) is 62.8 Å². The van der Waals surface area contributed by atoms with Crippen LogP contribution in [0.4, 0.5) is 5.69 Å². The maximum atomic E-state index is 12.0. The highest BCUT2D eigenvalue weighted by molar-refractivity contribution is 7.80. The maximum absolute atomic E-state index is 12.0. The second-order valence-corrected chi connectivity index (χ2v) is 8.30. The summed E-state index contributed by atoms with van der Waals surface area (Å²) in [6.07, 6.45) is 2.40. The number of likely N-dealkylation sites (tertiary alicyclic amines) is 1. The summed E-state index contributed by atoms with van der Waals surface area (Å²) in [4.78, 5) is 14.3. The van der Waals surface area contributed by atoms with Gasteiger partial charge >= 0.3 is 5.97 Å². The van der Waals surface area contributed by atoms with Gasteiger partial charge in [0, 0.05) is 25.3 Å². The number of rotatable bonds is 7. The molecule has 31 heavy (non-hydrogen) atoms. The molecule has 1 heterocycles. The SMILES string of the molecule is CCOC(=O)c1cc(NC(=S)NCc2ccc(OC3CCN(C)CC3)cc2)ccc1Cl. The van der Waals surface area contributed by atoms with E-state index in [1.54, 1.807) is 25.1 Å². The molecular weight excluding hydrogens is 434 g/mol. The normalized spacial score (nSPS) is 14.7. The number of thiocarbonyl (C=S) groups is 1. The van der Waals surface area contributed by atoms with Crippen LogP contribution in [0.1, 0.15) is 35.7 Å². The maximum Gasteiger partial charge on any atom is 0.339 e. The fourth-order valence-electron chi connectivity index (χ4n) is 3.31. The first kappa shape index (κ1) is 23.3. The first-order valence-electron chi connectivity index (χ1n) is 10.4. The number of hydrogen-bond donors (Lipinski definition) is 2. The molecule has 0 radical (unpaired) electrons. The van der Waals surface area contributed by atoms with Gasteiger partial charge in [0.25, 0.3) is 0 Å². The van der Waals surface area contributed by atoms with Gasteiger partial charge < -0.3 is 25.0 Å². The van der Waals surface area contributed by atoms with Gasteiger partial charge in [0.05, 0.1) is 17.2 Å². The number of ether oxygens (including phenoxy) is 2. The summed E-state index contributed by atoms with van der Waals surface area (Å²) in [5, 5.41) is 7.02. The number of carbonyl (C=O) groups is 1. The quantitative estimate of drug-likeness (QED) is 0.465. The summed E-state index contributed by atoms with van der Waals surface area (Å²) in [5.41, 5.74) is 2.05. The Kier molecular flexibility index (Phi) is 8.51. The van der Waals surface area contributed by atoms with Crippen LogP contribution in [0, 0.1) is 0 Å². The molecule has 2 aromatic rings. The van der Waals surface area contributed by atoms with Gasteiger partial charge in [0.2, 0.25) is 0 Å². The Hall–Kier alpha value is -2.35. The summed E-state index contributed by atoms with van der Waals surface area (Å²) in [6.45, 7) is 4.76. The van der Waals surface area contributed by atoms with Crippen molar-refractivity contribution in [3.05, 3.63) is 58.6 Å². The molecule has 8 heteroatoms. The highest BCUT2D eigenvalue weighted by Gasteiger charge is 2.18. The molecule has 0 amide bonds. The number of esters is 1. The Bertz CT molecular complexity index is 899. The van der Waals surface area contributed by atoms with Crippen molar-refractivity contribution in [1.29, 1.82) is 0 Å². The molecule has 1 saturated heterocycles. The van der Waals surface area contributed by atoms with Crippen molar-refractivity contribution in [2.75, 3.05) is 32.1 Å². The van der Waals surface area contributed by atoms with Gasteiger partial charge in [-0.1, -0.05) is 23.7 Å². The van der Waals surface area contributed by atoms with Crippen LogP contribution < -0.4 is 15.4 Å². The van der Waals surface area contributed by atoms with Gasteiger partial charge in [-0.3, -0.25) is 0 Å². The Labute approximate surface area is 193 Å². The van der Waals surface area contributed by atoms with E-state index >= 15 is 0 Å². The smallest absolute Gasteiger partial charge is 0.339 e. The molecule has 2 N–H and O–H groups in total. The molecule has 1 aliphatic rings. The molecule has 0 unspecified atom stereocenters. The molecule has 166 valence electrons. The average molecular weight is 462 g/mol. The fourth-order valence-corrected chi connectivity index (χ4v) is 3.69. The molecule has 1 aliphatic heterocycles. The van der Waals surface area contributed by atoms with E-state index in [-0.39, 0.29) is 12.7 Å². The van der Waals surface area contributed by atoms with Crippen LogP contribution in [0.25, 0.3) is 0 Å². The van der Waals surface area contributed by atoms with Crippen LogP contribution in [-0.2, 0) is 11.3 Å². The number of nitrogens with one attached hydrogen (secondary N) is 2. The van der Waals surface area contributed by atoms with Crippen molar-refractivity contribution >= 4 is 40.6 Å². The first-order valence-corrected chi connectivity index (χ1v) is 11.2.